The number of benzene rings is 1. The fourth-order valence-corrected chi connectivity index (χ4v) is 6.00. The number of non-ortho nitro benzene ring substituents is 1. The average molecular weight is 395 g/mol. The topological polar surface area (TPSA) is 64.7 Å². The summed E-state index contributed by atoms with van der Waals surface area (Å²) in [5.74, 6) is 2.40. The molecule has 0 unspecified atom stereocenters. The molecule has 0 N–H and O–H groups in total. The zero-order valence-corrected chi connectivity index (χ0v) is 17.9. The van der Waals surface area contributed by atoms with Crippen molar-refractivity contribution in [3.8, 4) is 0 Å². The van der Waals surface area contributed by atoms with Crippen LogP contribution in [0.3, 0.4) is 0 Å². The highest BCUT2D eigenvalue weighted by molar-refractivity contribution is 8.28. The summed E-state index contributed by atoms with van der Waals surface area (Å²) in [7, 11) is -1.16. The van der Waals surface area contributed by atoms with Gasteiger partial charge in [-0.05, 0) is 36.6 Å². The summed E-state index contributed by atoms with van der Waals surface area (Å²) in [6.45, 7) is 7.76. The van der Waals surface area contributed by atoms with Crippen molar-refractivity contribution in [3.63, 3.8) is 0 Å². The Balaban J connectivity index is 2.00. The fraction of sp³-hybridized carbons (Fsp3) is 0.632. The Morgan fingerprint density at radius 2 is 1.88 bits per heavy atom. The second-order valence-electron chi connectivity index (χ2n) is 7.80. The van der Waals surface area contributed by atoms with Crippen LogP contribution in [0.1, 0.15) is 38.5 Å². The maximum atomic E-state index is 10.8. The molecule has 0 amide bonds. The van der Waals surface area contributed by atoms with E-state index in [1.807, 2.05) is 11.2 Å². The van der Waals surface area contributed by atoms with E-state index in [0.717, 1.165) is 24.7 Å². The lowest BCUT2D eigenvalue weighted by molar-refractivity contribution is -0.384. The number of ether oxygens (including phenoxy) is 1. The summed E-state index contributed by atoms with van der Waals surface area (Å²) in [4.78, 5) is 15.0. The molecule has 0 radical (unpaired) electrons. The van der Waals surface area contributed by atoms with Crippen LogP contribution in [-0.2, 0) is 4.74 Å². The van der Waals surface area contributed by atoms with Gasteiger partial charge >= 0.3 is 0 Å². The molecule has 1 fully saturated rings. The molecule has 0 atom stereocenters. The first-order chi connectivity index (χ1) is 12.3. The molecular formula is C19H30N2O3SSi. The van der Waals surface area contributed by atoms with Crippen molar-refractivity contribution in [3.05, 3.63) is 34.4 Å². The van der Waals surface area contributed by atoms with E-state index in [-0.39, 0.29) is 5.69 Å². The molecule has 26 heavy (non-hydrogen) atoms. The summed E-state index contributed by atoms with van der Waals surface area (Å²) in [5, 5.41) is 10.8. The second-order valence-corrected chi connectivity index (χ2v) is 17.3. The van der Waals surface area contributed by atoms with Gasteiger partial charge in [-0.2, -0.15) is 11.2 Å². The van der Waals surface area contributed by atoms with Crippen LogP contribution >= 0.6 is 11.2 Å². The number of hydrogen-bond acceptors (Lipinski definition) is 5. The highest BCUT2D eigenvalue weighted by Crippen LogP contribution is 2.25. The number of nitrogens with zero attached hydrogens (tertiary/aromatic N) is 2. The van der Waals surface area contributed by atoms with Crippen molar-refractivity contribution in [1.29, 1.82) is 0 Å². The summed E-state index contributed by atoms with van der Waals surface area (Å²) >= 11 is 2.03. The van der Waals surface area contributed by atoms with Crippen LogP contribution in [0.25, 0.3) is 0 Å². The molecule has 7 heteroatoms. The molecule has 1 aliphatic carbocycles. The van der Waals surface area contributed by atoms with Gasteiger partial charge in [-0.25, -0.2) is 4.99 Å². The third kappa shape index (κ3) is 7.91. The van der Waals surface area contributed by atoms with Crippen molar-refractivity contribution >= 4 is 35.7 Å². The Morgan fingerprint density at radius 1 is 1.23 bits per heavy atom. The van der Waals surface area contributed by atoms with Gasteiger partial charge in [-0.15, -0.1) is 0 Å². The van der Waals surface area contributed by atoms with Gasteiger partial charge in [-0.3, -0.25) is 10.1 Å². The Hall–Kier alpha value is -1.34. The molecule has 1 aromatic carbocycles. The van der Waals surface area contributed by atoms with Gasteiger partial charge in [-0.1, -0.05) is 38.9 Å². The number of hydrogen-bond donors (Lipinski definition) is 0. The highest BCUT2D eigenvalue weighted by Gasteiger charge is 2.17. The minimum absolute atomic E-state index is 0.0860. The second kappa shape index (κ2) is 10.1. The van der Waals surface area contributed by atoms with E-state index >= 15 is 0 Å². The quantitative estimate of drug-likeness (QED) is 0.174. The van der Waals surface area contributed by atoms with E-state index in [9.17, 15) is 10.1 Å². The van der Waals surface area contributed by atoms with Gasteiger partial charge in [0.1, 0.15) is 7.22 Å². The standard InChI is InChI=1S/C19H30N2O3SSi/c1-26(2,3)25-14-13-19(24-15-16-7-5-4-6-8-16)20-17-9-11-18(12-10-17)21(22)23/h9-12,16H,4-8,13-15H2,1-3H3/b20-19-. The monoisotopic (exact) mass is 394 g/mol. The lowest BCUT2D eigenvalue weighted by Gasteiger charge is -2.22. The Bertz CT molecular complexity index is 608. The van der Waals surface area contributed by atoms with Gasteiger partial charge in [0.2, 0.25) is 0 Å². The van der Waals surface area contributed by atoms with Crippen LogP contribution in [0.15, 0.2) is 29.3 Å². The van der Waals surface area contributed by atoms with Gasteiger partial charge in [0, 0.05) is 18.6 Å². The predicted octanol–water partition coefficient (Wildman–Crippen LogP) is 6.18. The molecule has 2 rings (SSSR count). The Morgan fingerprint density at radius 3 is 2.46 bits per heavy atom. The predicted molar refractivity (Wildman–Crippen MR) is 113 cm³/mol. The first kappa shape index (κ1) is 21.0. The van der Waals surface area contributed by atoms with Crippen LogP contribution in [0.4, 0.5) is 11.4 Å². The minimum Gasteiger partial charge on any atom is -0.480 e. The van der Waals surface area contributed by atoms with Crippen LogP contribution in [0.5, 0.6) is 0 Å². The van der Waals surface area contributed by atoms with Crippen molar-refractivity contribution in [2.45, 2.75) is 58.2 Å². The van der Waals surface area contributed by atoms with E-state index in [2.05, 4.69) is 24.6 Å². The van der Waals surface area contributed by atoms with Crippen LogP contribution < -0.4 is 0 Å². The molecule has 0 heterocycles. The average Bonchev–Trinajstić information content (AvgIpc) is 2.60. The van der Waals surface area contributed by atoms with E-state index in [4.69, 9.17) is 4.74 Å². The molecule has 5 nitrogen and oxygen atoms in total. The molecule has 0 saturated heterocycles. The number of nitro benzene ring substituents is 1. The van der Waals surface area contributed by atoms with Crippen molar-refractivity contribution in [2.75, 3.05) is 12.4 Å². The van der Waals surface area contributed by atoms with E-state index in [0.29, 0.717) is 11.6 Å². The number of rotatable bonds is 8. The molecular weight excluding hydrogens is 364 g/mol. The van der Waals surface area contributed by atoms with Crippen molar-refractivity contribution in [1.82, 2.24) is 0 Å². The molecule has 1 saturated carbocycles. The zero-order valence-electron chi connectivity index (χ0n) is 16.1. The normalized spacial score (nSPS) is 16.5. The van der Waals surface area contributed by atoms with Gasteiger partial charge < -0.3 is 4.74 Å². The molecule has 0 bridgehead atoms. The highest BCUT2D eigenvalue weighted by atomic mass is 32.4. The maximum Gasteiger partial charge on any atom is 0.269 e. The van der Waals surface area contributed by atoms with Gasteiger partial charge in [0.05, 0.1) is 17.2 Å². The first-order valence-corrected chi connectivity index (χ1v) is 14.6. The molecule has 0 aromatic heterocycles. The molecule has 1 aliphatic rings. The van der Waals surface area contributed by atoms with Crippen LogP contribution in [0, 0.1) is 16.0 Å². The number of aliphatic imine (C=N–C) groups is 1. The Kier molecular flexibility index (Phi) is 8.15. The van der Waals surface area contributed by atoms with Crippen LogP contribution in [-0.4, -0.2) is 30.4 Å². The maximum absolute atomic E-state index is 10.8. The molecule has 1 aromatic rings. The van der Waals surface area contributed by atoms with Gasteiger partial charge in [0.25, 0.3) is 5.69 Å². The smallest absolute Gasteiger partial charge is 0.269 e. The lowest BCUT2D eigenvalue weighted by Crippen LogP contribution is -2.19. The molecule has 0 spiro atoms. The largest absolute Gasteiger partial charge is 0.480 e. The number of nitro groups is 1. The van der Waals surface area contributed by atoms with Crippen molar-refractivity contribution in [2.24, 2.45) is 10.9 Å². The van der Waals surface area contributed by atoms with Crippen LogP contribution in [0.2, 0.25) is 19.6 Å². The summed E-state index contributed by atoms with van der Waals surface area (Å²) in [6, 6.07) is 6.37. The fourth-order valence-electron chi connectivity index (χ4n) is 2.97. The van der Waals surface area contributed by atoms with E-state index < -0.39 is 12.1 Å². The minimum atomic E-state index is -1.16. The molecule has 0 aliphatic heterocycles. The summed E-state index contributed by atoms with van der Waals surface area (Å²) in [6.07, 6.45) is 7.23. The first-order valence-electron chi connectivity index (χ1n) is 9.42. The third-order valence-corrected chi connectivity index (χ3v) is 8.86. The third-order valence-electron chi connectivity index (χ3n) is 4.38. The summed E-state index contributed by atoms with van der Waals surface area (Å²) in [5.41, 5.74) is 0.801. The SMILES string of the molecule is C[Si](C)(C)SCC/C(=N/c1ccc([N+](=O)[O-])cc1)OCC1CCCCC1. The van der Waals surface area contributed by atoms with E-state index in [1.54, 1.807) is 12.1 Å². The van der Waals surface area contributed by atoms with Gasteiger partial charge in [0.15, 0.2) is 5.90 Å². The van der Waals surface area contributed by atoms with Crippen molar-refractivity contribution < 1.29 is 9.66 Å². The Labute approximate surface area is 161 Å². The zero-order chi connectivity index (χ0) is 19.0. The lowest BCUT2D eigenvalue weighted by atomic mass is 9.90. The summed E-state index contributed by atoms with van der Waals surface area (Å²) < 4.78 is 6.10. The molecule has 144 valence electrons. The van der Waals surface area contributed by atoms with E-state index in [1.165, 1.54) is 44.2 Å².